The van der Waals surface area contributed by atoms with Gasteiger partial charge in [0.05, 0.1) is 12.6 Å². The lowest BCUT2D eigenvalue weighted by Gasteiger charge is -2.26. The van der Waals surface area contributed by atoms with Crippen molar-refractivity contribution >= 4 is 11.7 Å². The normalized spacial score (nSPS) is 15.7. The molecule has 0 bridgehead atoms. The summed E-state index contributed by atoms with van der Waals surface area (Å²) in [5, 5.41) is 3.10. The highest BCUT2D eigenvalue weighted by Crippen LogP contribution is 2.29. The fourth-order valence-corrected chi connectivity index (χ4v) is 3.50. The molecule has 1 N–H and O–H groups in total. The molecule has 2 aromatic carbocycles. The molecule has 27 heavy (non-hydrogen) atoms. The summed E-state index contributed by atoms with van der Waals surface area (Å²) >= 11 is 0. The lowest BCUT2D eigenvalue weighted by Crippen LogP contribution is -2.31. The van der Waals surface area contributed by atoms with Crippen molar-refractivity contribution in [2.45, 2.75) is 51.5 Å². The highest BCUT2D eigenvalue weighted by atomic mass is 16.5. The summed E-state index contributed by atoms with van der Waals surface area (Å²) in [4.78, 5) is 24.7. The molecular formula is C23H27NO3. The molecule has 1 amide bonds. The Labute approximate surface area is 160 Å². The quantitative estimate of drug-likeness (QED) is 0.694. The third-order valence-electron chi connectivity index (χ3n) is 4.93. The number of amides is 1. The number of benzene rings is 2. The fraction of sp³-hybridized carbons (Fsp3) is 0.391. The summed E-state index contributed by atoms with van der Waals surface area (Å²) in [5.41, 5.74) is 3.15. The van der Waals surface area contributed by atoms with Crippen LogP contribution in [0.25, 0.3) is 0 Å². The molecule has 1 aliphatic carbocycles. The first-order chi connectivity index (χ1) is 13.2. The summed E-state index contributed by atoms with van der Waals surface area (Å²) in [6.07, 6.45) is 4.48. The number of fused-ring (bicyclic) bond motifs is 1. The van der Waals surface area contributed by atoms with Gasteiger partial charge in [0.25, 0.3) is 0 Å². The number of ether oxygens (including phenoxy) is 1. The van der Waals surface area contributed by atoms with Crippen molar-refractivity contribution in [2.24, 2.45) is 0 Å². The lowest BCUT2D eigenvalue weighted by molar-refractivity contribution is -0.121. The molecule has 0 unspecified atom stereocenters. The van der Waals surface area contributed by atoms with Crippen LogP contribution in [0.3, 0.4) is 0 Å². The molecule has 1 atom stereocenters. The molecule has 0 heterocycles. The zero-order valence-electron chi connectivity index (χ0n) is 15.9. The zero-order chi connectivity index (χ0) is 19.1. The molecule has 0 saturated heterocycles. The van der Waals surface area contributed by atoms with E-state index in [2.05, 4.69) is 24.4 Å². The Morgan fingerprint density at radius 1 is 1.07 bits per heavy atom. The van der Waals surface area contributed by atoms with Gasteiger partial charge in [-0.15, -0.1) is 0 Å². The van der Waals surface area contributed by atoms with E-state index in [1.807, 2.05) is 24.3 Å². The van der Waals surface area contributed by atoms with Crippen molar-refractivity contribution in [3.8, 4) is 5.75 Å². The van der Waals surface area contributed by atoms with E-state index in [-0.39, 0.29) is 30.6 Å². The summed E-state index contributed by atoms with van der Waals surface area (Å²) in [7, 11) is 0. The third-order valence-corrected chi connectivity index (χ3v) is 4.93. The van der Waals surface area contributed by atoms with Gasteiger partial charge in [0.1, 0.15) is 5.75 Å². The van der Waals surface area contributed by atoms with E-state index < -0.39 is 0 Å². The summed E-state index contributed by atoms with van der Waals surface area (Å²) in [6.45, 7) is 2.71. The molecular weight excluding hydrogens is 338 g/mol. The summed E-state index contributed by atoms with van der Waals surface area (Å²) < 4.78 is 5.53. The Balaban J connectivity index is 1.50. The van der Waals surface area contributed by atoms with E-state index >= 15 is 0 Å². The first kappa shape index (κ1) is 19.2. The Morgan fingerprint density at radius 3 is 2.63 bits per heavy atom. The van der Waals surface area contributed by atoms with Crippen molar-refractivity contribution in [1.82, 2.24) is 5.32 Å². The predicted octanol–water partition coefficient (Wildman–Crippen LogP) is 4.63. The van der Waals surface area contributed by atoms with Crippen molar-refractivity contribution in [3.63, 3.8) is 0 Å². The van der Waals surface area contributed by atoms with Crippen LogP contribution in [0.1, 0.15) is 66.6 Å². The number of ketones is 1. The van der Waals surface area contributed by atoms with Crippen molar-refractivity contribution in [1.29, 1.82) is 0 Å². The molecule has 0 aromatic heterocycles. The second-order valence-corrected chi connectivity index (χ2v) is 7.01. The number of carbonyl (C=O) groups excluding carboxylic acids is 2. The third kappa shape index (κ3) is 5.19. The Kier molecular flexibility index (Phi) is 6.64. The van der Waals surface area contributed by atoms with Crippen molar-refractivity contribution in [3.05, 3.63) is 65.2 Å². The van der Waals surface area contributed by atoms with Gasteiger partial charge in [-0.1, -0.05) is 31.2 Å². The molecule has 0 aliphatic heterocycles. The number of rotatable bonds is 8. The second kappa shape index (κ2) is 9.36. The Morgan fingerprint density at radius 2 is 1.85 bits per heavy atom. The number of aryl methyl sites for hydroxylation is 1. The van der Waals surface area contributed by atoms with Crippen LogP contribution in [-0.4, -0.2) is 18.3 Å². The monoisotopic (exact) mass is 365 g/mol. The topological polar surface area (TPSA) is 55.4 Å². The first-order valence-corrected chi connectivity index (χ1v) is 9.80. The maximum atomic E-state index is 12.3. The van der Waals surface area contributed by atoms with Gasteiger partial charge in [0.15, 0.2) is 5.78 Å². The highest BCUT2D eigenvalue weighted by molar-refractivity contribution is 5.98. The molecule has 0 spiro atoms. The van der Waals surface area contributed by atoms with Crippen molar-refractivity contribution < 1.29 is 14.3 Å². The highest BCUT2D eigenvalue weighted by Gasteiger charge is 2.21. The molecule has 4 nitrogen and oxygen atoms in total. The number of Topliss-reactive ketones (excluding diaryl/α,β-unsaturated/α-hetero) is 1. The SMILES string of the molecule is CCCOc1ccc(C(=O)CCC(=O)N[C@@H]2CCCc3ccccc32)cc1. The minimum absolute atomic E-state index is 0.0174. The molecule has 0 fully saturated rings. The number of hydrogen-bond acceptors (Lipinski definition) is 3. The minimum atomic E-state index is -0.0621. The molecule has 0 radical (unpaired) electrons. The van der Waals surface area contributed by atoms with E-state index in [9.17, 15) is 9.59 Å². The standard InChI is InChI=1S/C23H27NO3/c1-2-16-27-19-12-10-18(11-13-19)22(25)14-15-23(26)24-21-9-5-7-17-6-3-4-8-20(17)21/h3-4,6,8,10-13,21H,2,5,7,9,14-16H2,1H3,(H,24,26)/t21-/m1/s1. The smallest absolute Gasteiger partial charge is 0.220 e. The average molecular weight is 365 g/mol. The van der Waals surface area contributed by atoms with Gasteiger partial charge in [-0.2, -0.15) is 0 Å². The van der Waals surface area contributed by atoms with Gasteiger partial charge in [-0.05, 0) is 61.1 Å². The van der Waals surface area contributed by atoms with E-state index in [1.54, 1.807) is 12.1 Å². The van der Waals surface area contributed by atoms with Gasteiger partial charge in [0.2, 0.25) is 5.91 Å². The summed E-state index contributed by atoms with van der Waals surface area (Å²) in [6, 6.07) is 15.5. The molecule has 2 aromatic rings. The largest absolute Gasteiger partial charge is 0.494 e. The van der Waals surface area contributed by atoms with Crippen LogP contribution in [0.15, 0.2) is 48.5 Å². The maximum Gasteiger partial charge on any atom is 0.220 e. The van der Waals surface area contributed by atoms with E-state index in [1.165, 1.54) is 11.1 Å². The Bertz CT molecular complexity index is 782. The molecule has 3 rings (SSSR count). The van der Waals surface area contributed by atoms with Crippen LogP contribution in [0.2, 0.25) is 0 Å². The van der Waals surface area contributed by atoms with Crippen LogP contribution in [0, 0.1) is 0 Å². The van der Waals surface area contributed by atoms with E-state index in [0.29, 0.717) is 12.2 Å². The number of carbonyl (C=O) groups is 2. The van der Waals surface area contributed by atoms with Crippen molar-refractivity contribution in [2.75, 3.05) is 6.61 Å². The van der Waals surface area contributed by atoms with Crippen LogP contribution in [0.5, 0.6) is 5.75 Å². The predicted molar refractivity (Wildman–Crippen MR) is 106 cm³/mol. The molecule has 4 heteroatoms. The molecule has 0 saturated carbocycles. The van der Waals surface area contributed by atoms with Gasteiger partial charge in [-0.25, -0.2) is 0 Å². The molecule has 1 aliphatic rings. The lowest BCUT2D eigenvalue weighted by atomic mass is 9.87. The fourth-order valence-electron chi connectivity index (χ4n) is 3.50. The van der Waals surface area contributed by atoms with E-state index in [4.69, 9.17) is 4.74 Å². The zero-order valence-corrected chi connectivity index (χ0v) is 15.9. The second-order valence-electron chi connectivity index (χ2n) is 7.01. The molecule has 142 valence electrons. The van der Waals surface area contributed by atoms with Crippen LogP contribution < -0.4 is 10.1 Å². The first-order valence-electron chi connectivity index (χ1n) is 9.80. The summed E-state index contributed by atoms with van der Waals surface area (Å²) in [5.74, 6) is 0.686. The maximum absolute atomic E-state index is 12.3. The van der Waals surface area contributed by atoms with Gasteiger partial charge in [0, 0.05) is 18.4 Å². The van der Waals surface area contributed by atoms with Crippen LogP contribution in [-0.2, 0) is 11.2 Å². The minimum Gasteiger partial charge on any atom is -0.494 e. The van der Waals surface area contributed by atoms with Gasteiger partial charge < -0.3 is 10.1 Å². The number of nitrogens with one attached hydrogen (secondary N) is 1. The number of hydrogen-bond donors (Lipinski definition) is 1. The van der Waals surface area contributed by atoms with Gasteiger partial charge >= 0.3 is 0 Å². The van der Waals surface area contributed by atoms with Gasteiger partial charge in [-0.3, -0.25) is 9.59 Å². The Hall–Kier alpha value is -2.62. The van der Waals surface area contributed by atoms with Crippen LogP contribution >= 0.6 is 0 Å². The van der Waals surface area contributed by atoms with E-state index in [0.717, 1.165) is 31.4 Å². The van der Waals surface area contributed by atoms with Crippen LogP contribution in [0.4, 0.5) is 0 Å². The average Bonchev–Trinajstić information content (AvgIpc) is 2.71.